The summed E-state index contributed by atoms with van der Waals surface area (Å²) in [6.45, 7) is 1.70. The molecule has 1 saturated heterocycles. The number of nitrogens with one attached hydrogen (secondary N) is 1. The summed E-state index contributed by atoms with van der Waals surface area (Å²) in [5.41, 5.74) is 6.51. The Labute approximate surface area is 107 Å². The molecule has 0 aliphatic carbocycles. The van der Waals surface area contributed by atoms with Gasteiger partial charge in [-0.2, -0.15) is 0 Å². The first-order chi connectivity index (χ1) is 8.74. The molecule has 5 nitrogen and oxygen atoms in total. The van der Waals surface area contributed by atoms with E-state index in [9.17, 15) is 4.79 Å². The van der Waals surface area contributed by atoms with Crippen LogP contribution in [0.4, 0.5) is 5.69 Å². The molecule has 1 unspecified atom stereocenters. The molecule has 1 atom stereocenters. The Morgan fingerprint density at radius 2 is 2.28 bits per heavy atom. The highest BCUT2D eigenvalue weighted by Crippen LogP contribution is 2.28. The molecule has 18 heavy (non-hydrogen) atoms. The van der Waals surface area contributed by atoms with Crippen LogP contribution in [0, 0.1) is 0 Å². The largest absolute Gasteiger partial charge is 0.495 e. The summed E-state index contributed by atoms with van der Waals surface area (Å²) in [6, 6.07) is 7.85. The number of nitrogens with two attached hydrogens (primary N) is 1. The fourth-order valence-electron chi connectivity index (χ4n) is 2.26. The molecule has 1 amide bonds. The number of hydrogen-bond acceptors (Lipinski definition) is 4. The van der Waals surface area contributed by atoms with E-state index in [1.165, 1.54) is 0 Å². The molecule has 0 saturated carbocycles. The smallest absolute Gasteiger partial charge is 0.239 e. The van der Waals surface area contributed by atoms with Crippen LogP contribution in [0.5, 0.6) is 5.75 Å². The molecule has 0 bridgehead atoms. The van der Waals surface area contributed by atoms with Crippen molar-refractivity contribution in [2.75, 3.05) is 31.6 Å². The average molecular weight is 249 g/mol. The van der Waals surface area contributed by atoms with Gasteiger partial charge in [0.15, 0.2) is 0 Å². The summed E-state index contributed by atoms with van der Waals surface area (Å²) in [6.07, 6.45) is 0.789. The van der Waals surface area contributed by atoms with E-state index in [-0.39, 0.29) is 11.9 Å². The lowest BCUT2D eigenvalue weighted by Gasteiger charge is -2.35. The van der Waals surface area contributed by atoms with Gasteiger partial charge in [0.1, 0.15) is 5.75 Å². The number of benzene rings is 1. The lowest BCUT2D eigenvalue weighted by Crippen LogP contribution is -2.54. The summed E-state index contributed by atoms with van der Waals surface area (Å²) in [5.74, 6) is 0.823. The molecule has 0 radical (unpaired) electrons. The van der Waals surface area contributed by atoms with Crippen LogP contribution in [0.25, 0.3) is 0 Å². The third-order valence-corrected chi connectivity index (χ3v) is 3.08. The first kappa shape index (κ1) is 12.7. The summed E-state index contributed by atoms with van der Waals surface area (Å²) in [5, 5.41) is 2.95. The third-order valence-electron chi connectivity index (χ3n) is 3.08. The molecule has 0 aromatic heterocycles. The van der Waals surface area contributed by atoms with Crippen LogP contribution in [0.1, 0.15) is 6.42 Å². The lowest BCUT2D eigenvalue weighted by molar-refractivity contribution is -0.121. The quantitative estimate of drug-likeness (QED) is 0.808. The highest BCUT2D eigenvalue weighted by atomic mass is 16.5. The van der Waals surface area contributed by atoms with Gasteiger partial charge in [0.2, 0.25) is 5.91 Å². The minimum absolute atomic E-state index is 0.0330. The lowest BCUT2D eigenvalue weighted by atomic mass is 10.1. The number of ether oxygens (including phenoxy) is 1. The third kappa shape index (κ3) is 2.73. The maximum atomic E-state index is 11.7. The summed E-state index contributed by atoms with van der Waals surface area (Å²) >= 11 is 0. The predicted molar refractivity (Wildman–Crippen MR) is 70.8 cm³/mol. The first-order valence-corrected chi connectivity index (χ1v) is 6.12. The van der Waals surface area contributed by atoms with Gasteiger partial charge in [-0.15, -0.1) is 0 Å². The van der Waals surface area contributed by atoms with Crippen LogP contribution < -0.4 is 20.7 Å². The van der Waals surface area contributed by atoms with E-state index in [2.05, 4.69) is 5.32 Å². The Balaban J connectivity index is 2.18. The number of piperazine rings is 1. The van der Waals surface area contributed by atoms with Crippen LogP contribution in [0.2, 0.25) is 0 Å². The summed E-state index contributed by atoms with van der Waals surface area (Å²) < 4.78 is 5.33. The average Bonchev–Trinajstić information content (AvgIpc) is 2.38. The van der Waals surface area contributed by atoms with Gasteiger partial charge >= 0.3 is 0 Å². The maximum absolute atomic E-state index is 11.7. The van der Waals surface area contributed by atoms with Crippen molar-refractivity contribution in [3.63, 3.8) is 0 Å². The van der Waals surface area contributed by atoms with Crippen LogP contribution in [-0.2, 0) is 4.79 Å². The molecule has 1 aliphatic rings. The maximum Gasteiger partial charge on any atom is 0.239 e. The highest BCUT2D eigenvalue weighted by Gasteiger charge is 2.25. The van der Waals surface area contributed by atoms with Crippen LogP contribution in [0.3, 0.4) is 0 Å². The molecule has 1 aromatic carbocycles. The number of carbonyl (C=O) groups is 1. The molecule has 1 aromatic rings. The molecule has 98 valence electrons. The van der Waals surface area contributed by atoms with Crippen molar-refractivity contribution in [1.29, 1.82) is 0 Å². The van der Waals surface area contributed by atoms with Gasteiger partial charge in [-0.25, -0.2) is 0 Å². The van der Waals surface area contributed by atoms with Gasteiger partial charge in [-0.05, 0) is 25.1 Å². The Hall–Kier alpha value is -1.75. The highest BCUT2D eigenvalue weighted by molar-refractivity contribution is 5.83. The van der Waals surface area contributed by atoms with Crippen molar-refractivity contribution in [3.8, 4) is 5.75 Å². The minimum Gasteiger partial charge on any atom is -0.495 e. The monoisotopic (exact) mass is 249 g/mol. The molecule has 0 spiro atoms. The van der Waals surface area contributed by atoms with E-state index in [4.69, 9.17) is 10.5 Å². The van der Waals surface area contributed by atoms with E-state index in [0.29, 0.717) is 13.1 Å². The topological polar surface area (TPSA) is 67.6 Å². The summed E-state index contributed by atoms with van der Waals surface area (Å²) in [7, 11) is 1.64. The Kier molecular flexibility index (Phi) is 4.04. The second-order valence-corrected chi connectivity index (χ2v) is 4.39. The fourth-order valence-corrected chi connectivity index (χ4v) is 2.26. The first-order valence-electron chi connectivity index (χ1n) is 6.12. The predicted octanol–water partition coefficient (Wildman–Crippen LogP) is 0.349. The fraction of sp³-hybridized carbons (Fsp3) is 0.462. The van der Waals surface area contributed by atoms with Gasteiger partial charge in [-0.3, -0.25) is 4.79 Å². The zero-order valence-electron chi connectivity index (χ0n) is 10.6. The molecule has 5 heteroatoms. The van der Waals surface area contributed by atoms with Crippen LogP contribution >= 0.6 is 0 Å². The van der Waals surface area contributed by atoms with Crippen LogP contribution in [-0.4, -0.2) is 38.7 Å². The zero-order valence-corrected chi connectivity index (χ0v) is 10.6. The molecular weight excluding hydrogens is 230 g/mol. The summed E-state index contributed by atoms with van der Waals surface area (Å²) in [4.78, 5) is 13.7. The number of nitrogens with zero attached hydrogens (tertiary/aromatic N) is 1. The van der Waals surface area contributed by atoms with Crippen molar-refractivity contribution in [3.05, 3.63) is 24.3 Å². The SMILES string of the molecule is COc1ccccc1N1CC(=O)NC(CCN)C1. The van der Waals surface area contributed by atoms with E-state index in [1.807, 2.05) is 29.2 Å². The number of amides is 1. The van der Waals surface area contributed by atoms with Crippen molar-refractivity contribution >= 4 is 11.6 Å². The van der Waals surface area contributed by atoms with Crippen molar-refractivity contribution in [2.45, 2.75) is 12.5 Å². The van der Waals surface area contributed by atoms with E-state index in [1.54, 1.807) is 7.11 Å². The second kappa shape index (κ2) is 5.73. The van der Waals surface area contributed by atoms with Gasteiger partial charge in [0.25, 0.3) is 0 Å². The van der Waals surface area contributed by atoms with Crippen molar-refractivity contribution < 1.29 is 9.53 Å². The van der Waals surface area contributed by atoms with Crippen molar-refractivity contribution in [1.82, 2.24) is 5.32 Å². The van der Waals surface area contributed by atoms with Gasteiger partial charge in [0.05, 0.1) is 19.3 Å². The Morgan fingerprint density at radius 1 is 1.50 bits per heavy atom. The van der Waals surface area contributed by atoms with E-state index >= 15 is 0 Å². The standard InChI is InChI=1S/C13H19N3O2/c1-18-12-5-3-2-4-11(12)16-8-10(6-7-14)15-13(17)9-16/h2-5,10H,6-9,14H2,1H3,(H,15,17). The normalized spacial score (nSPS) is 19.6. The van der Waals surface area contributed by atoms with Crippen LogP contribution in [0.15, 0.2) is 24.3 Å². The zero-order chi connectivity index (χ0) is 13.0. The molecule has 3 N–H and O–H groups in total. The number of methoxy groups -OCH3 is 1. The number of carbonyl (C=O) groups excluding carboxylic acids is 1. The molecule has 1 fully saturated rings. The Morgan fingerprint density at radius 3 is 3.00 bits per heavy atom. The number of rotatable bonds is 4. The Bertz CT molecular complexity index is 422. The van der Waals surface area contributed by atoms with Gasteiger partial charge in [0, 0.05) is 12.6 Å². The van der Waals surface area contributed by atoms with E-state index in [0.717, 1.165) is 24.4 Å². The number of anilines is 1. The number of hydrogen-bond donors (Lipinski definition) is 2. The molecule has 2 rings (SSSR count). The second-order valence-electron chi connectivity index (χ2n) is 4.39. The number of para-hydroxylation sites is 2. The molecule has 1 aliphatic heterocycles. The molecule has 1 heterocycles. The van der Waals surface area contributed by atoms with Gasteiger partial charge < -0.3 is 20.7 Å². The van der Waals surface area contributed by atoms with E-state index < -0.39 is 0 Å². The molecular formula is C13H19N3O2. The van der Waals surface area contributed by atoms with Crippen molar-refractivity contribution in [2.24, 2.45) is 5.73 Å². The minimum atomic E-state index is 0.0330. The van der Waals surface area contributed by atoms with Gasteiger partial charge in [-0.1, -0.05) is 12.1 Å².